The SMILES string of the molecule is CCN(C(=O)c1csc([N+](=O)[O-])c1)C1CCCC1CN. The fourth-order valence-corrected chi connectivity index (χ4v) is 3.63. The highest BCUT2D eigenvalue weighted by Crippen LogP contribution is 2.31. The van der Waals surface area contributed by atoms with Gasteiger partial charge in [-0.05, 0) is 32.2 Å². The molecule has 1 amide bonds. The Kier molecular flexibility index (Phi) is 4.72. The Morgan fingerprint density at radius 2 is 2.35 bits per heavy atom. The zero-order valence-corrected chi connectivity index (χ0v) is 12.3. The molecule has 1 saturated carbocycles. The smallest absolute Gasteiger partial charge is 0.324 e. The molecule has 2 atom stereocenters. The van der Waals surface area contributed by atoms with Gasteiger partial charge in [-0.1, -0.05) is 17.8 Å². The number of carbonyl (C=O) groups is 1. The molecule has 1 aliphatic carbocycles. The van der Waals surface area contributed by atoms with Gasteiger partial charge in [-0.3, -0.25) is 14.9 Å². The predicted octanol–water partition coefficient (Wildman–Crippen LogP) is 2.25. The van der Waals surface area contributed by atoms with Crippen LogP contribution in [0.3, 0.4) is 0 Å². The first-order chi connectivity index (χ1) is 9.58. The van der Waals surface area contributed by atoms with Crippen molar-refractivity contribution in [2.75, 3.05) is 13.1 Å². The first kappa shape index (κ1) is 14.9. The van der Waals surface area contributed by atoms with Crippen molar-refractivity contribution < 1.29 is 9.72 Å². The Hall–Kier alpha value is -1.47. The summed E-state index contributed by atoms with van der Waals surface area (Å²) >= 11 is 0.992. The van der Waals surface area contributed by atoms with Crippen LogP contribution in [0.4, 0.5) is 5.00 Å². The fraction of sp³-hybridized carbons (Fsp3) is 0.615. The first-order valence-corrected chi connectivity index (χ1v) is 7.70. The highest BCUT2D eigenvalue weighted by molar-refractivity contribution is 7.13. The lowest BCUT2D eigenvalue weighted by molar-refractivity contribution is -0.380. The minimum atomic E-state index is -0.462. The average Bonchev–Trinajstić information content (AvgIpc) is 3.08. The lowest BCUT2D eigenvalue weighted by Crippen LogP contribution is -2.44. The van der Waals surface area contributed by atoms with Crippen molar-refractivity contribution in [3.63, 3.8) is 0 Å². The summed E-state index contributed by atoms with van der Waals surface area (Å²) in [4.78, 5) is 24.6. The molecule has 1 heterocycles. The largest absolute Gasteiger partial charge is 0.336 e. The third-order valence-corrected chi connectivity index (χ3v) is 4.82. The van der Waals surface area contributed by atoms with Crippen LogP contribution in [0.1, 0.15) is 36.5 Å². The maximum Gasteiger partial charge on any atom is 0.324 e. The zero-order valence-electron chi connectivity index (χ0n) is 11.4. The van der Waals surface area contributed by atoms with Crippen LogP contribution in [-0.2, 0) is 0 Å². The minimum Gasteiger partial charge on any atom is -0.336 e. The Morgan fingerprint density at radius 1 is 1.60 bits per heavy atom. The molecular formula is C13H19N3O3S. The van der Waals surface area contributed by atoms with Crippen LogP contribution in [0.15, 0.2) is 11.4 Å². The van der Waals surface area contributed by atoms with Gasteiger partial charge in [0.25, 0.3) is 5.91 Å². The van der Waals surface area contributed by atoms with Crippen LogP contribution in [0.5, 0.6) is 0 Å². The van der Waals surface area contributed by atoms with E-state index in [0.717, 1.165) is 30.6 Å². The van der Waals surface area contributed by atoms with Crippen molar-refractivity contribution in [2.24, 2.45) is 11.7 Å². The molecule has 7 heteroatoms. The third kappa shape index (κ3) is 2.83. The van der Waals surface area contributed by atoms with Crippen molar-refractivity contribution in [2.45, 2.75) is 32.2 Å². The molecule has 0 aromatic carbocycles. The van der Waals surface area contributed by atoms with Crippen LogP contribution in [0, 0.1) is 16.0 Å². The van der Waals surface area contributed by atoms with Gasteiger partial charge >= 0.3 is 5.00 Å². The number of nitrogens with zero attached hydrogens (tertiary/aromatic N) is 2. The molecule has 1 aromatic rings. The molecule has 2 unspecified atom stereocenters. The molecule has 6 nitrogen and oxygen atoms in total. The second-order valence-corrected chi connectivity index (χ2v) is 5.91. The van der Waals surface area contributed by atoms with Crippen molar-refractivity contribution >= 4 is 22.2 Å². The van der Waals surface area contributed by atoms with E-state index in [0.29, 0.717) is 24.6 Å². The van der Waals surface area contributed by atoms with Gasteiger partial charge in [0, 0.05) is 24.0 Å². The maximum absolute atomic E-state index is 12.5. The zero-order chi connectivity index (χ0) is 14.7. The number of nitro groups is 1. The summed E-state index contributed by atoms with van der Waals surface area (Å²) in [5, 5.41) is 12.3. The molecule has 1 aliphatic rings. The van der Waals surface area contributed by atoms with Gasteiger partial charge < -0.3 is 10.6 Å². The summed E-state index contributed by atoms with van der Waals surface area (Å²) in [6, 6.07) is 1.53. The van der Waals surface area contributed by atoms with Crippen LogP contribution < -0.4 is 5.73 Å². The van der Waals surface area contributed by atoms with E-state index in [9.17, 15) is 14.9 Å². The van der Waals surface area contributed by atoms with E-state index < -0.39 is 4.92 Å². The second kappa shape index (κ2) is 6.32. The molecule has 110 valence electrons. The summed E-state index contributed by atoms with van der Waals surface area (Å²) in [6.07, 6.45) is 3.10. The molecule has 0 aliphatic heterocycles. The monoisotopic (exact) mass is 297 g/mol. The number of thiophene rings is 1. The van der Waals surface area contributed by atoms with Gasteiger partial charge in [0.1, 0.15) is 0 Å². The lowest BCUT2D eigenvalue weighted by atomic mass is 10.0. The molecule has 20 heavy (non-hydrogen) atoms. The van der Waals surface area contributed by atoms with E-state index in [4.69, 9.17) is 5.73 Å². The molecule has 2 N–H and O–H groups in total. The first-order valence-electron chi connectivity index (χ1n) is 6.82. The number of nitrogens with two attached hydrogens (primary N) is 1. The number of carbonyl (C=O) groups excluding carboxylic acids is 1. The standard InChI is InChI=1S/C13H19N3O3S/c1-2-15(11-5-3-4-9(11)7-14)13(17)10-6-12(16(18)19)20-8-10/h6,8-9,11H,2-5,7,14H2,1H3. The average molecular weight is 297 g/mol. The highest BCUT2D eigenvalue weighted by Gasteiger charge is 2.34. The number of hydrogen-bond acceptors (Lipinski definition) is 5. The third-order valence-electron chi connectivity index (χ3n) is 3.94. The summed E-state index contributed by atoms with van der Waals surface area (Å²) in [7, 11) is 0. The van der Waals surface area contributed by atoms with E-state index in [-0.39, 0.29) is 17.0 Å². The van der Waals surface area contributed by atoms with Gasteiger partial charge in [-0.15, -0.1) is 0 Å². The molecule has 0 saturated heterocycles. The van der Waals surface area contributed by atoms with Gasteiger partial charge in [0.2, 0.25) is 0 Å². The molecule has 1 fully saturated rings. The fourth-order valence-electron chi connectivity index (χ4n) is 2.93. The van der Waals surface area contributed by atoms with E-state index in [1.54, 1.807) is 5.38 Å². The minimum absolute atomic E-state index is 0.00574. The van der Waals surface area contributed by atoms with E-state index in [1.165, 1.54) is 6.07 Å². The molecule has 0 spiro atoms. The number of amides is 1. The molecular weight excluding hydrogens is 278 g/mol. The Balaban J connectivity index is 2.17. The van der Waals surface area contributed by atoms with Crippen molar-refractivity contribution in [1.29, 1.82) is 0 Å². The maximum atomic E-state index is 12.5. The van der Waals surface area contributed by atoms with Gasteiger partial charge in [0.15, 0.2) is 0 Å². The molecule has 0 bridgehead atoms. The Bertz CT molecular complexity index is 503. The molecule has 0 radical (unpaired) electrons. The van der Waals surface area contributed by atoms with Gasteiger partial charge in [-0.25, -0.2) is 0 Å². The van der Waals surface area contributed by atoms with Crippen molar-refractivity contribution in [3.8, 4) is 0 Å². The second-order valence-electron chi connectivity index (χ2n) is 5.02. The normalized spacial score (nSPS) is 21.9. The topological polar surface area (TPSA) is 89.5 Å². The Labute approximate surface area is 121 Å². The summed E-state index contributed by atoms with van der Waals surface area (Å²) in [6.45, 7) is 3.12. The van der Waals surface area contributed by atoms with E-state index in [1.807, 2.05) is 11.8 Å². The number of rotatable bonds is 5. The van der Waals surface area contributed by atoms with Crippen molar-refractivity contribution in [3.05, 3.63) is 27.1 Å². The Morgan fingerprint density at radius 3 is 2.90 bits per heavy atom. The summed E-state index contributed by atoms with van der Waals surface area (Å²) in [5.74, 6) is 0.217. The molecule has 1 aromatic heterocycles. The van der Waals surface area contributed by atoms with E-state index >= 15 is 0 Å². The predicted molar refractivity (Wildman–Crippen MR) is 77.9 cm³/mol. The molecule has 2 rings (SSSR count). The quantitative estimate of drug-likeness (QED) is 0.666. The van der Waals surface area contributed by atoms with Crippen LogP contribution >= 0.6 is 11.3 Å². The lowest BCUT2D eigenvalue weighted by Gasteiger charge is -2.31. The highest BCUT2D eigenvalue weighted by atomic mass is 32.1. The van der Waals surface area contributed by atoms with Crippen molar-refractivity contribution in [1.82, 2.24) is 4.90 Å². The van der Waals surface area contributed by atoms with Crippen LogP contribution in [-0.4, -0.2) is 34.9 Å². The number of hydrogen-bond donors (Lipinski definition) is 1. The summed E-state index contributed by atoms with van der Waals surface area (Å²) in [5.41, 5.74) is 6.18. The van der Waals surface area contributed by atoms with Crippen LogP contribution in [0.25, 0.3) is 0 Å². The van der Waals surface area contributed by atoms with Crippen LogP contribution in [0.2, 0.25) is 0 Å². The summed E-state index contributed by atoms with van der Waals surface area (Å²) < 4.78 is 0. The van der Waals surface area contributed by atoms with Gasteiger partial charge in [-0.2, -0.15) is 0 Å². The van der Waals surface area contributed by atoms with E-state index in [2.05, 4.69) is 0 Å². The van der Waals surface area contributed by atoms with Gasteiger partial charge in [0.05, 0.1) is 10.5 Å².